The molecule has 1 heterocycles. The highest BCUT2D eigenvalue weighted by molar-refractivity contribution is 6.04. The molecule has 1 aromatic heterocycles. The summed E-state index contributed by atoms with van der Waals surface area (Å²) in [4.78, 5) is 16.6. The molecule has 128 valence electrons. The minimum absolute atomic E-state index is 0.300. The average Bonchev–Trinajstić information content (AvgIpc) is 2.62. The fraction of sp³-hybridized carbons (Fsp3) is 0.333. The number of hydrogen-bond donors (Lipinski definition) is 2. The molecule has 6 nitrogen and oxygen atoms in total. The molecule has 0 aliphatic rings. The quantitative estimate of drug-likeness (QED) is 0.812. The van der Waals surface area contributed by atoms with E-state index in [9.17, 15) is 4.79 Å². The van der Waals surface area contributed by atoms with Crippen molar-refractivity contribution in [1.82, 2.24) is 4.98 Å². The van der Waals surface area contributed by atoms with Crippen molar-refractivity contribution in [2.75, 3.05) is 24.9 Å². The zero-order valence-corrected chi connectivity index (χ0v) is 14.4. The number of ether oxygens (including phenoxy) is 2. The van der Waals surface area contributed by atoms with Crippen molar-refractivity contribution in [1.29, 1.82) is 0 Å². The van der Waals surface area contributed by atoms with Crippen LogP contribution in [0.2, 0.25) is 0 Å². The fourth-order valence-electron chi connectivity index (χ4n) is 2.12. The second-order valence-electron chi connectivity index (χ2n) is 5.40. The van der Waals surface area contributed by atoms with Gasteiger partial charge in [-0.25, -0.2) is 0 Å². The number of carbonyl (C=O) groups is 1. The van der Waals surface area contributed by atoms with Crippen LogP contribution in [0.25, 0.3) is 0 Å². The number of methoxy groups -OCH3 is 2. The van der Waals surface area contributed by atoms with Gasteiger partial charge in [0.1, 0.15) is 17.2 Å². The highest BCUT2D eigenvalue weighted by Crippen LogP contribution is 2.29. The van der Waals surface area contributed by atoms with E-state index in [2.05, 4.69) is 29.5 Å². The maximum absolute atomic E-state index is 12.5. The van der Waals surface area contributed by atoms with E-state index in [1.165, 1.54) is 0 Å². The molecule has 0 aliphatic heterocycles. The van der Waals surface area contributed by atoms with Crippen LogP contribution in [-0.4, -0.2) is 31.2 Å². The van der Waals surface area contributed by atoms with Crippen LogP contribution >= 0.6 is 0 Å². The third kappa shape index (κ3) is 4.38. The van der Waals surface area contributed by atoms with E-state index in [1.807, 2.05) is 6.07 Å². The third-order valence-corrected chi connectivity index (χ3v) is 3.67. The van der Waals surface area contributed by atoms with Crippen LogP contribution in [0, 0.1) is 0 Å². The van der Waals surface area contributed by atoms with E-state index >= 15 is 0 Å². The standard InChI is InChI=1S/C18H23N3O3/c1-5-12(2)20-13-8-9-19-16(10-13)18(22)21-15-7-6-14(23-3)11-17(15)24-4/h6-12H,5H2,1-4H3,(H,19,20)(H,21,22). The number of benzene rings is 1. The second-order valence-corrected chi connectivity index (χ2v) is 5.40. The number of amides is 1. The van der Waals surface area contributed by atoms with Crippen LogP contribution in [0.15, 0.2) is 36.5 Å². The van der Waals surface area contributed by atoms with Gasteiger partial charge in [0.15, 0.2) is 0 Å². The Kier molecular flexibility index (Phi) is 6.01. The third-order valence-electron chi connectivity index (χ3n) is 3.67. The van der Waals surface area contributed by atoms with Gasteiger partial charge in [-0.3, -0.25) is 9.78 Å². The molecule has 6 heteroatoms. The molecule has 1 unspecified atom stereocenters. The maximum atomic E-state index is 12.5. The van der Waals surface area contributed by atoms with Crippen LogP contribution < -0.4 is 20.1 Å². The average molecular weight is 329 g/mol. The second kappa shape index (κ2) is 8.19. The Bertz CT molecular complexity index is 704. The summed E-state index contributed by atoms with van der Waals surface area (Å²) in [6.07, 6.45) is 2.61. The summed E-state index contributed by atoms with van der Waals surface area (Å²) in [7, 11) is 3.12. The molecule has 2 N–H and O–H groups in total. The highest BCUT2D eigenvalue weighted by Gasteiger charge is 2.13. The number of nitrogens with zero attached hydrogens (tertiary/aromatic N) is 1. The molecule has 0 radical (unpaired) electrons. The first kappa shape index (κ1) is 17.6. The summed E-state index contributed by atoms with van der Waals surface area (Å²) in [6, 6.07) is 9.10. The maximum Gasteiger partial charge on any atom is 0.274 e. The van der Waals surface area contributed by atoms with Crippen LogP contribution in [0.4, 0.5) is 11.4 Å². The van der Waals surface area contributed by atoms with Gasteiger partial charge in [0, 0.05) is 24.0 Å². The van der Waals surface area contributed by atoms with Gasteiger partial charge in [0.25, 0.3) is 5.91 Å². The first-order valence-electron chi connectivity index (χ1n) is 7.83. The van der Waals surface area contributed by atoms with Gasteiger partial charge in [0.2, 0.25) is 0 Å². The van der Waals surface area contributed by atoms with Crippen LogP contribution in [0.5, 0.6) is 11.5 Å². The first-order chi connectivity index (χ1) is 11.6. The van der Waals surface area contributed by atoms with Gasteiger partial charge in [-0.05, 0) is 37.6 Å². The van der Waals surface area contributed by atoms with Crippen molar-refractivity contribution in [3.05, 3.63) is 42.2 Å². The fourth-order valence-corrected chi connectivity index (χ4v) is 2.12. The topological polar surface area (TPSA) is 72.5 Å². The Labute approximate surface area is 142 Å². The van der Waals surface area contributed by atoms with Gasteiger partial charge >= 0.3 is 0 Å². The van der Waals surface area contributed by atoms with E-state index in [0.717, 1.165) is 12.1 Å². The SMILES string of the molecule is CCC(C)Nc1ccnc(C(=O)Nc2ccc(OC)cc2OC)c1. The highest BCUT2D eigenvalue weighted by atomic mass is 16.5. The summed E-state index contributed by atoms with van der Waals surface area (Å²) >= 11 is 0. The molecule has 0 aliphatic carbocycles. The summed E-state index contributed by atoms with van der Waals surface area (Å²) in [5.74, 6) is 0.880. The summed E-state index contributed by atoms with van der Waals surface area (Å²) in [5.41, 5.74) is 1.76. The first-order valence-corrected chi connectivity index (χ1v) is 7.83. The van der Waals surface area contributed by atoms with Crippen LogP contribution in [0.1, 0.15) is 30.8 Å². The van der Waals surface area contributed by atoms with Gasteiger partial charge in [-0.1, -0.05) is 6.92 Å². The van der Waals surface area contributed by atoms with E-state index < -0.39 is 0 Å². The smallest absolute Gasteiger partial charge is 0.274 e. The lowest BCUT2D eigenvalue weighted by molar-refractivity contribution is 0.102. The minimum Gasteiger partial charge on any atom is -0.497 e. The van der Waals surface area contributed by atoms with Crippen molar-refractivity contribution in [3.8, 4) is 11.5 Å². The number of pyridine rings is 1. The Morgan fingerprint density at radius 1 is 1.21 bits per heavy atom. The lowest BCUT2D eigenvalue weighted by Gasteiger charge is -2.14. The predicted molar refractivity (Wildman–Crippen MR) is 95.1 cm³/mol. The Morgan fingerprint density at radius 2 is 2.00 bits per heavy atom. The molecule has 1 atom stereocenters. The van der Waals surface area contributed by atoms with Crippen molar-refractivity contribution in [2.24, 2.45) is 0 Å². The normalized spacial score (nSPS) is 11.5. The molecule has 1 aromatic carbocycles. The molecule has 0 spiro atoms. The molecule has 24 heavy (non-hydrogen) atoms. The van der Waals surface area contributed by atoms with Gasteiger partial charge in [-0.15, -0.1) is 0 Å². The minimum atomic E-state index is -0.300. The summed E-state index contributed by atoms with van der Waals surface area (Å²) in [5, 5.41) is 6.14. The largest absolute Gasteiger partial charge is 0.497 e. The van der Waals surface area contributed by atoms with E-state index in [0.29, 0.717) is 28.9 Å². The lowest BCUT2D eigenvalue weighted by Crippen LogP contribution is -2.17. The molecule has 2 aromatic rings. The van der Waals surface area contributed by atoms with Gasteiger partial charge in [-0.2, -0.15) is 0 Å². The zero-order chi connectivity index (χ0) is 17.5. The molecular weight excluding hydrogens is 306 g/mol. The molecular formula is C18H23N3O3. The van der Waals surface area contributed by atoms with Crippen molar-refractivity contribution in [2.45, 2.75) is 26.3 Å². The number of anilines is 2. The summed E-state index contributed by atoms with van der Waals surface area (Å²) < 4.78 is 10.4. The van der Waals surface area contributed by atoms with E-state index in [1.54, 1.807) is 44.7 Å². The zero-order valence-electron chi connectivity index (χ0n) is 14.4. The number of carbonyl (C=O) groups excluding carboxylic acids is 1. The molecule has 0 bridgehead atoms. The van der Waals surface area contributed by atoms with Crippen molar-refractivity contribution in [3.63, 3.8) is 0 Å². The molecule has 2 rings (SSSR count). The van der Waals surface area contributed by atoms with E-state index in [4.69, 9.17) is 9.47 Å². The number of rotatable bonds is 7. The van der Waals surface area contributed by atoms with Crippen molar-refractivity contribution < 1.29 is 14.3 Å². The lowest BCUT2D eigenvalue weighted by atomic mass is 10.2. The van der Waals surface area contributed by atoms with Crippen LogP contribution in [0.3, 0.4) is 0 Å². The Hall–Kier alpha value is -2.76. The molecule has 0 saturated heterocycles. The molecule has 0 fully saturated rings. The molecule has 1 amide bonds. The number of aromatic nitrogens is 1. The predicted octanol–water partition coefficient (Wildman–Crippen LogP) is 3.56. The van der Waals surface area contributed by atoms with Crippen LogP contribution in [-0.2, 0) is 0 Å². The van der Waals surface area contributed by atoms with Crippen molar-refractivity contribution >= 4 is 17.3 Å². The Morgan fingerprint density at radius 3 is 2.67 bits per heavy atom. The Balaban J connectivity index is 2.16. The number of hydrogen-bond acceptors (Lipinski definition) is 5. The monoisotopic (exact) mass is 329 g/mol. The van der Waals surface area contributed by atoms with Gasteiger partial charge < -0.3 is 20.1 Å². The van der Waals surface area contributed by atoms with E-state index in [-0.39, 0.29) is 5.91 Å². The van der Waals surface area contributed by atoms with Gasteiger partial charge in [0.05, 0.1) is 19.9 Å². The molecule has 0 saturated carbocycles. The number of nitrogens with one attached hydrogen (secondary N) is 2. The summed E-state index contributed by atoms with van der Waals surface area (Å²) in [6.45, 7) is 4.19.